The van der Waals surface area contributed by atoms with E-state index >= 15 is 0 Å². The molecule has 2 rings (SSSR count). The molecule has 0 unspecified atom stereocenters. The van der Waals surface area contributed by atoms with Gasteiger partial charge in [-0.25, -0.2) is 14.8 Å². The first-order valence-corrected chi connectivity index (χ1v) is 4.35. The van der Waals surface area contributed by atoms with E-state index in [0.717, 1.165) is 0 Å². The molecule has 2 aromatic rings. The van der Waals surface area contributed by atoms with Crippen LogP contribution in [0.3, 0.4) is 0 Å². The molecule has 0 bridgehead atoms. The van der Waals surface area contributed by atoms with Crippen LogP contribution in [0.15, 0.2) is 30.9 Å². The molecular formula is C10H6N4O2. The van der Waals surface area contributed by atoms with Crippen molar-refractivity contribution in [2.45, 2.75) is 0 Å². The topological polar surface area (TPSA) is 91.8 Å². The van der Waals surface area contributed by atoms with Gasteiger partial charge in [0.15, 0.2) is 11.4 Å². The molecular weight excluding hydrogens is 208 g/mol. The number of hydrogen-bond acceptors (Lipinski definition) is 4. The monoisotopic (exact) mass is 214 g/mol. The zero-order chi connectivity index (χ0) is 11.5. The third-order valence-corrected chi connectivity index (χ3v) is 1.97. The summed E-state index contributed by atoms with van der Waals surface area (Å²) in [6.45, 7) is 0. The fourth-order valence-corrected chi connectivity index (χ4v) is 1.26. The van der Waals surface area contributed by atoms with Gasteiger partial charge in [0, 0.05) is 12.4 Å². The smallest absolute Gasteiger partial charge is 0.356 e. The zero-order valence-corrected chi connectivity index (χ0v) is 8.03. The molecule has 0 atom stereocenters. The molecule has 0 aliphatic heterocycles. The van der Waals surface area contributed by atoms with Crippen LogP contribution in [-0.4, -0.2) is 25.6 Å². The summed E-state index contributed by atoms with van der Waals surface area (Å²) in [7, 11) is 0. The Hall–Kier alpha value is -2.68. The Morgan fingerprint density at radius 2 is 2.31 bits per heavy atom. The van der Waals surface area contributed by atoms with E-state index in [1.54, 1.807) is 12.1 Å². The number of aromatic carboxylic acids is 1. The van der Waals surface area contributed by atoms with Crippen molar-refractivity contribution < 1.29 is 9.90 Å². The van der Waals surface area contributed by atoms with Crippen LogP contribution in [0, 0.1) is 11.3 Å². The van der Waals surface area contributed by atoms with Crippen molar-refractivity contribution in [3.8, 4) is 11.8 Å². The third-order valence-electron chi connectivity index (χ3n) is 1.97. The van der Waals surface area contributed by atoms with Gasteiger partial charge in [-0.1, -0.05) is 0 Å². The highest BCUT2D eigenvalue weighted by Crippen LogP contribution is 2.11. The summed E-state index contributed by atoms with van der Waals surface area (Å²) in [5.74, 6) is -1.11. The quantitative estimate of drug-likeness (QED) is 0.799. The summed E-state index contributed by atoms with van der Waals surface area (Å²) in [6, 6.07) is 5.25. The molecule has 0 aromatic carbocycles. The van der Waals surface area contributed by atoms with Gasteiger partial charge in [0.1, 0.15) is 12.4 Å². The van der Waals surface area contributed by atoms with Gasteiger partial charge in [-0.05, 0) is 12.1 Å². The molecule has 2 aromatic heterocycles. The fourth-order valence-electron chi connectivity index (χ4n) is 1.26. The van der Waals surface area contributed by atoms with E-state index < -0.39 is 5.97 Å². The van der Waals surface area contributed by atoms with Crippen molar-refractivity contribution in [1.29, 1.82) is 5.26 Å². The van der Waals surface area contributed by atoms with Crippen LogP contribution >= 0.6 is 0 Å². The number of pyridine rings is 1. The van der Waals surface area contributed by atoms with Gasteiger partial charge in [0.05, 0.1) is 5.69 Å². The van der Waals surface area contributed by atoms with Crippen molar-refractivity contribution in [1.82, 2.24) is 14.5 Å². The minimum atomic E-state index is -1.11. The lowest BCUT2D eigenvalue weighted by Crippen LogP contribution is -1.98. The maximum atomic E-state index is 10.6. The summed E-state index contributed by atoms with van der Waals surface area (Å²) in [5, 5.41) is 17.5. The van der Waals surface area contributed by atoms with Crippen molar-refractivity contribution in [3.05, 3.63) is 42.2 Å². The van der Waals surface area contributed by atoms with Crippen LogP contribution < -0.4 is 0 Å². The molecule has 0 aliphatic rings. The second-order valence-electron chi connectivity index (χ2n) is 2.95. The molecule has 0 spiro atoms. The van der Waals surface area contributed by atoms with Crippen molar-refractivity contribution in [3.63, 3.8) is 0 Å². The largest absolute Gasteiger partial charge is 0.476 e. The fraction of sp³-hybridized carbons (Fsp3) is 0. The number of hydrogen-bond donors (Lipinski definition) is 1. The van der Waals surface area contributed by atoms with E-state index in [4.69, 9.17) is 10.4 Å². The van der Waals surface area contributed by atoms with E-state index in [1.165, 1.54) is 23.3 Å². The highest BCUT2D eigenvalue weighted by atomic mass is 16.4. The molecule has 78 valence electrons. The van der Waals surface area contributed by atoms with E-state index in [-0.39, 0.29) is 11.4 Å². The van der Waals surface area contributed by atoms with Crippen molar-refractivity contribution >= 4 is 5.97 Å². The Morgan fingerprint density at radius 3 is 2.94 bits per heavy atom. The SMILES string of the molecule is N#Cc1ncccc1-n1cnc(C(=O)O)c1. The number of nitriles is 1. The standard InChI is InChI=1S/C10H6N4O2/c11-4-7-9(2-1-3-12-7)14-5-8(10(15)16)13-6-14/h1-3,5-6H,(H,15,16). The molecule has 1 N–H and O–H groups in total. The highest BCUT2D eigenvalue weighted by molar-refractivity contribution is 5.85. The normalized spacial score (nSPS) is 9.69. The van der Waals surface area contributed by atoms with E-state index in [1.807, 2.05) is 6.07 Å². The van der Waals surface area contributed by atoms with Crippen LogP contribution in [0.1, 0.15) is 16.2 Å². The molecule has 0 saturated carbocycles. The Labute approximate surface area is 90.4 Å². The Morgan fingerprint density at radius 1 is 1.50 bits per heavy atom. The van der Waals surface area contributed by atoms with Gasteiger partial charge < -0.3 is 9.67 Å². The molecule has 16 heavy (non-hydrogen) atoms. The van der Waals surface area contributed by atoms with Gasteiger partial charge in [0.25, 0.3) is 0 Å². The number of carboxylic acids is 1. The molecule has 0 amide bonds. The summed E-state index contributed by atoms with van der Waals surface area (Å²) in [5.41, 5.74) is 0.648. The minimum Gasteiger partial charge on any atom is -0.476 e. The second-order valence-corrected chi connectivity index (χ2v) is 2.95. The third kappa shape index (κ3) is 1.62. The summed E-state index contributed by atoms with van der Waals surface area (Å²) >= 11 is 0. The second kappa shape index (κ2) is 3.82. The van der Waals surface area contributed by atoms with Gasteiger partial charge in [0.2, 0.25) is 0 Å². The van der Waals surface area contributed by atoms with E-state index in [2.05, 4.69) is 9.97 Å². The predicted molar refractivity (Wildman–Crippen MR) is 53.0 cm³/mol. The lowest BCUT2D eigenvalue weighted by Gasteiger charge is -2.01. The average Bonchev–Trinajstić information content (AvgIpc) is 2.78. The van der Waals surface area contributed by atoms with E-state index in [0.29, 0.717) is 5.69 Å². The van der Waals surface area contributed by atoms with Crippen molar-refractivity contribution in [2.75, 3.05) is 0 Å². The average molecular weight is 214 g/mol. The van der Waals surface area contributed by atoms with Crippen LogP contribution in [0.2, 0.25) is 0 Å². The van der Waals surface area contributed by atoms with Gasteiger partial charge in [-0.2, -0.15) is 5.26 Å². The highest BCUT2D eigenvalue weighted by Gasteiger charge is 2.10. The van der Waals surface area contributed by atoms with Crippen LogP contribution in [0.25, 0.3) is 5.69 Å². The van der Waals surface area contributed by atoms with Crippen LogP contribution in [0.4, 0.5) is 0 Å². The van der Waals surface area contributed by atoms with Gasteiger partial charge in [-0.3, -0.25) is 0 Å². The maximum Gasteiger partial charge on any atom is 0.356 e. The van der Waals surface area contributed by atoms with E-state index in [9.17, 15) is 4.79 Å². The number of rotatable bonds is 2. The summed E-state index contributed by atoms with van der Waals surface area (Å²) < 4.78 is 1.45. The molecule has 0 fully saturated rings. The zero-order valence-electron chi connectivity index (χ0n) is 8.03. The molecule has 0 aliphatic carbocycles. The molecule has 6 nitrogen and oxygen atoms in total. The number of carboxylic acid groups (broad SMARTS) is 1. The number of carbonyl (C=O) groups is 1. The Kier molecular flexibility index (Phi) is 2.36. The lowest BCUT2D eigenvalue weighted by atomic mass is 10.3. The molecule has 6 heteroatoms. The Bertz CT molecular complexity index is 583. The van der Waals surface area contributed by atoms with Crippen LogP contribution in [-0.2, 0) is 0 Å². The van der Waals surface area contributed by atoms with Crippen LogP contribution in [0.5, 0.6) is 0 Å². The molecule has 0 radical (unpaired) electrons. The van der Waals surface area contributed by atoms with Gasteiger partial charge >= 0.3 is 5.97 Å². The maximum absolute atomic E-state index is 10.6. The number of aromatic nitrogens is 3. The first-order chi connectivity index (χ1) is 7.72. The summed E-state index contributed by atoms with van der Waals surface area (Å²) in [6.07, 6.45) is 4.17. The molecule has 2 heterocycles. The summed E-state index contributed by atoms with van der Waals surface area (Å²) in [4.78, 5) is 18.2. The Balaban J connectivity index is 2.51. The number of imidazole rings is 1. The first kappa shape index (κ1) is 9.86. The number of nitrogens with zero attached hydrogens (tertiary/aromatic N) is 4. The predicted octanol–water partition coefficient (Wildman–Crippen LogP) is 0.837. The molecule has 0 saturated heterocycles. The minimum absolute atomic E-state index is 0.0762. The van der Waals surface area contributed by atoms with Crippen molar-refractivity contribution in [2.24, 2.45) is 0 Å². The first-order valence-electron chi connectivity index (χ1n) is 4.35. The van der Waals surface area contributed by atoms with Gasteiger partial charge in [-0.15, -0.1) is 0 Å². The lowest BCUT2D eigenvalue weighted by molar-refractivity contribution is 0.0691.